The molecule has 1 aromatic carbocycles. The highest BCUT2D eigenvalue weighted by Crippen LogP contribution is 2.30. The summed E-state index contributed by atoms with van der Waals surface area (Å²) in [5, 5.41) is 4.21. The zero-order valence-corrected chi connectivity index (χ0v) is 17.5. The van der Waals surface area contributed by atoms with E-state index in [-0.39, 0.29) is 0 Å². The minimum atomic E-state index is 0.320. The molecular weight excluding hydrogens is 366 g/mol. The van der Waals surface area contributed by atoms with Crippen molar-refractivity contribution in [2.45, 2.75) is 46.1 Å². The maximum atomic E-state index is 5.43. The molecule has 3 heterocycles. The Morgan fingerprint density at radius 3 is 2.55 bits per heavy atom. The number of aromatic nitrogens is 4. The lowest BCUT2D eigenvalue weighted by atomic mass is 9.95. The van der Waals surface area contributed by atoms with E-state index in [0.29, 0.717) is 17.5 Å². The SMILES string of the molecule is COc1ccc(CN2CCC(c3noc(-c4cnc(C)cn4)n3)CC2)c(C)c1C. The van der Waals surface area contributed by atoms with Crippen molar-refractivity contribution in [3.63, 3.8) is 0 Å². The molecule has 0 spiro atoms. The predicted molar refractivity (Wildman–Crippen MR) is 110 cm³/mol. The molecule has 152 valence electrons. The fourth-order valence-corrected chi connectivity index (χ4v) is 3.84. The average Bonchev–Trinajstić information content (AvgIpc) is 3.23. The molecule has 2 aromatic heterocycles. The van der Waals surface area contributed by atoms with E-state index in [4.69, 9.17) is 9.26 Å². The van der Waals surface area contributed by atoms with Gasteiger partial charge in [-0.05, 0) is 69.5 Å². The molecule has 0 radical (unpaired) electrons. The Kier molecular flexibility index (Phi) is 5.58. The van der Waals surface area contributed by atoms with Crippen LogP contribution in [-0.2, 0) is 6.54 Å². The first kappa shape index (κ1) is 19.5. The third-order valence-electron chi connectivity index (χ3n) is 5.86. The highest BCUT2D eigenvalue weighted by atomic mass is 16.5. The summed E-state index contributed by atoms with van der Waals surface area (Å²) in [7, 11) is 1.72. The standard InChI is InChI=1S/C22H27N5O2/c1-14-11-24-19(12-23-14)22-25-21(26-29-22)17-7-9-27(10-8-17)13-18-5-6-20(28-4)16(3)15(18)2/h5-6,11-12,17H,7-10,13H2,1-4H3. The van der Waals surface area contributed by atoms with Gasteiger partial charge in [0.25, 0.3) is 5.89 Å². The van der Waals surface area contributed by atoms with Crippen LogP contribution in [0.5, 0.6) is 5.75 Å². The first-order valence-corrected chi connectivity index (χ1v) is 10.0. The van der Waals surface area contributed by atoms with E-state index >= 15 is 0 Å². The second kappa shape index (κ2) is 8.29. The van der Waals surface area contributed by atoms with Gasteiger partial charge in [-0.2, -0.15) is 4.98 Å². The van der Waals surface area contributed by atoms with Crippen molar-refractivity contribution >= 4 is 0 Å². The van der Waals surface area contributed by atoms with Crippen LogP contribution in [0.25, 0.3) is 11.6 Å². The molecule has 0 bridgehead atoms. The number of aryl methyl sites for hydroxylation is 1. The summed E-state index contributed by atoms with van der Waals surface area (Å²) >= 11 is 0. The summed E-state index contributed by atoms with van der Waals surface area (Å²) in [4.78, 5) is 15.6. The van der Waals surface area contributed by atoms with E-state index in [1.807, 2.05) is 6.92 Å². The topological polar surface area (TPSA) is 77.2 Å². The Balaban J connectivity index is 1.38. The molecule has 1 aliphatic heterocycles. The van der Waals surface area contributed by atoms with Gasteiger partial charge in [-0.1, -0.05) is 11.2 Å². The number of piperidine rings is 1. The number of likely N-dealkylation sites (tertiary alicyclic amines) is 1. The third-order valence-corrected chi connectivity index (χ3v) is 5.86. The van der Waals surface area contributed by atoms with Crippen LogP contribution in [-0.4, -0.2) is 45.2 Å². The molecule has 1 saturated heterocycles. The highest BCUT2D eigenvalue weighted by molar-refractivity contribution is 5.44. The average molecular weight is 393 g/mol. The Hall–Kier alpha value is -2.80. The van der Waals surface area contributed by atoms with E-state index in [9.17, 15) is 0 Å². The molecule has 1 fully saturated rings. The van der Waals surface area contributed by atoms with E-state index in [0.717, 1.165) is 49.7 Å². The molecule has 0 N–H and O–H groups in total. The van der Waals surface area contributed by atoms with Gasteiger partial charge in [-0.25, -0.2) is 4.98 Å². The molecule has 7 heteroatoms. The third kappa shape index (κ3) is 4.15. The van der Waals surface area contributed by atoms with Crippen LogP contribution in [0.3, 0.4) is 0 Å². The van der Waals surface area contributed by atoms with Crippen LogP contribution < -0.4 is 4.74 Å². The number of ether oxygens (including phenoxy) is 1. The summed E-state index contributed by atoms with van der Waals surface area (Å²) in [6.07, 6.45) is 5.43. The van der Waals surface area contributed by atoms with Crippen molar-refractivity contribution in [2.24, 2.45) is 0 Å². The molecule has 29 heavy (non-hydrogen) atoms. The van der Waals surface area contributed by atoms with Gasteiger partial charge >= 0.3 is 0 Å². The Labute approximate surface area is 171 Å². The number of rotatable bonds is 5. The number of methoxy groups -OCH3 is 1. The van der Waals surface area contributed by atoms with Gasteiger partial charge in [0.15, 0.2) is 5.82 Å². The maximum Gasteiger partial charge on any atom is 0.278 e. The Morgan fingerprint density at radius 2 is 1.86 bits per heavy atom. The molecule has 0 amide bonds. The van der Waals surface area contributed by atoms with Crippen LogP contribution in [0.2, 0.25) is 0 Å². The number of hydrogen-bond acceptors (Lipinski definition) is 7. The number of hydrogen-bond donors (Lipinski definition) is 0. The van der Waals surface area contributed by atoms with Crippen LogP contribution in [0.1, 0.15) is 47.0 Å². The Bertz CT molecular complexity index is 975. The van der Waals surface area contributed by atoms with E-state index in [1.54, 1.807) is 19.5 Å². The summed E-state index contributed by atoms with van der Waals surface area (Å²) in [5.41, 5.74) is 5.38. The summed E-state index contributed by atoms with van der Waals surface area (Å²) in [6, 6.07) is 4.25. The number of benzene rings is 1. The van der Waals surface area contributed by atoms with E-state index in [1.165, 1.54) is 16.7 Å². The zero-order valence-electron chi connectivity index (χ0n) is 17.5. The minimum absolute atomic E-state index is 0.320. The monoisotopic (exact) mass is 393 g/mol. The van der Waals surface area contributed by atoms with Gasteiger partial charge < -0.3 is 9.26 Å². The zero-order chi connectivity index (χ0) is 20.4. The second-order valence-electron chi connectivity index (χ2n) is 7.73. The van der Waals surface area contributed by atoms with Crippen molar-refractivity contribution in [2.75, 3.05) is 20.2 Å². The summed E-state index contributed by atoms with van der Waals surface area (Å²) < 4.78 is 10.9. The lowest BCUT2D eigenvalue weighted by Gasteiger charge is -2.31. The van der Waals surface area contributed by atoms with Crippen molar-refractivity contribution in [3.8, 4) is 17.3 Å². The van der Waals surface area contributed by atoms with Crippen molar-refractivity contribution < 1.29 is 9.26 Å². The normalized spacial score (nSPS) is 15.6. The van der Waals surface area contributed by atoms with E-state index in [2.05, 4.69) is 51.0 Å². The van der Waals surface area contributed by atoms with Crippen molar-refractivity contribution in [1.29, 1.82) is 0 Å². The van der Waals surface area contributed by atoms with Gasteiger partial charge in [0.1, 0.15) is 11.4 Å². The van der Waals surface area contributed by atoms with Gasteiger partial charge in [0.05, 0.1) is 19.0 Å². The summed E-state index contributed by atoms with van der Waals surface area (Å²) in [6.45, 7) is 9.19. The molecule has 0 aliphatic carbocycles. The van der Waals surface area contributed by atoms with Gasteiger partial charge in [0, 0.05) is 18.7 Å². The molecule has 7 nitrogen and oxygen atoms in total. The molecule has 0 unspecified atom stereocenters. The first-order valence-electron chi connectivity index (χ1n) is 10.0. The fourth-order valence-electron chi connectivity index (χ4n) is 3.84. The molecule has 3 aromatic rings. The largest absolute Gasteiger partial charge is 0.496 e. The Morgan fingerprint density at radius 1 is 1.07 bits per heavy atom. The van der Waals surface area contributed by atoms with Crippen LogP contribution >= 0.6 is 0 Å². The fraction of sp³-hybridized carbons (Fsp3) is 0.455. The number of nitrogens with zero attached hydrogens (tertiary/aromatic N) is 5. The molecular formula is C22H27N5O2. The second-order valence-corrected chi connectivity index (χ2v) is 7.73. The quantitative estimate of drug-likeness (QED) is 0.652. The highest BCUT2D eigenvalue weighted by Gasteiger charge is 2.25. The lowest BCUT2D eigenvalue weighted by molar-refractivity contribution is 0.200. The molecule has 4 rings (SSSR count). The van der Waals surface area contributed by atoms with Gasteiger partial charge in [0.2, 0.25) is 0 Å². The predicted octanol–water partition coefficient (Wildman–Crippen LogP) is 3.84. The maximum absolute atomic E-state index is 5.43. The van der Waals surface area contributed by atoms with E-state index < -0.39 is 0 Å². The summed E-state index contributed by atoms with van der Waals surface area (Å²) in [5.74, 6) is 2.50. The molecule has 0 atom stereocenters. The molecule has 1 aliphatic rings. The van der Waals surface area contributed by atoms with Crippen molar-refractivity contribution in [3.05, 3.63) is 52.7 Å². The van der Waals surface area contributed by atoms with Gasteiger partial charge in [-0.3, -0.25) is 9.88 Å². The van der Waals surface area contributed by atoms with Crippen molar-refractivity contribution in [1.82, 2.24) is 25.0 Å². The van der Waals surface area contributed by atoms with Crippen LogP contribution in [0, 0.1) is 20.8 Å². The molecule has 0 saturated carbocycles. The first-order chi connectivity index (χ1) is 14.0. The minimum Gasteiger partial charge on any atom is -0.496 e. The van der Waals surface area contributed by atoms with Crippen LogP contribution in [0.4, 0.5) is 0 Å². The van der Waals surface area contributed by atoms with Crippen LogP contribution in [0.15, 0.2) is 29.0 Å². The lowest BCUT2D eigenvalue weighted by Crippen LogP contribution is -2.33. The van der Waals surface area contributed by atoms with Gasteiger partial charge in [-0.15, -0.1) is 0 Å². The smallest absolute Gasteiger partial charge is 0.278 e.